The smallest absolute Gasteiger partial charge is 0.413 e. The first-order valence-electron chi connectivity index (χ1n) is 8.05. The van der Waals surface area contributed by atoms with E-state index in [0.717, 1.165) is 0 Å². The van der Waals surface area contributed by atoms with E-state index >= 15 is 0 Å². The minimum Gasteiger partial charge on any atom is -0.480 e. The van der Waals surface area contributed by atoms with Crippen LogP contribution in [0.25, 0.3) is 0 Å². The molecule has 2 N–H and O–H groups in total. The summed E-state index contributed by atoms with van der Waals surface area (Å²) < 4.78 is 5.13. The molecule has 0 unspecified atom stereocenters. The third kappa shape index (κ3) is 8.14. The number of carboxylic acid groups (broad SMARTS) is 1. The Bertz CT molecular complexity index is 608. The van der Waals surface area contributed by atoms with Gasteiger partial charge in [-0.3, -0.25) is 14.9 Å². The van der Waals surface area contributed by atoms with Crippen molar-refractivity contribution < 1.29 is 24.2 Å². The van der Waals surface area contributed by atoms with Crippen LogP contribution < -0.4 is 5.32 Å². The van der Waals surface area contributed by atoms with Gasteiger partial charge in [0, 0.05) is 12.7 Å². The lowest BCUT2D eigenvalue weighted by molar-refractivity contribution is -0.144. The number of anilines is 1. The van der Waals surface area contributed by atoms with E-state index in [1.165, 1.54) is 11.1 Å². The molecule has 1 heterocycles. The second-order valence-corrected chi connectivity index (χ2v) is 6.56. The molecular weight excluding hydrogens is 326 g/mol. The van der Waals surface area contributed by atoms with E-state index in [1.54, 1.807) is 32.9 Å². The average molecular weight is 351 g/mol. The number of aromatic nitrogens is 1. The van der Waals surface area contributed by atoms with Gasteiger partial charge in [0.15, 0.2) is 0 Å². The molecule has 0 saturated carbocycles. The van der Waals surface area contributed by atoms with Gasteiger partial charge in [-0.05, 0) is 38.8 Å². The van der Waals surface area contributed by atoms with Crippen LogP contribution >= 0.6 is 0 Å². The Labute approximate surface area is 147 Å². The Kier molecular flexibility index (Phi) is 7.35. The largest absolute Gasteiger partial charge is 0.480 e. The standard InChI is InChI=1S/C17H25N3O5/c1-5-8-20(11-15(22)23)14(21)9-12-6-7-13(18-10-12)19-16(24)25-17(2,3)4/h6-7,10H,5,8-9,11H2,1-4H3,(H,22,23)(H,18,19,24). The summed E-state index contributed by atoms with van der Waals surface area (Å²) in [5.41, 5.74) is 0.0230. The predicted molar refractivity (Wildman–Crippen MR) is 92.3 cm³/mol. The second kappa shape index (κ2) is 9.00. The maximum Gasteiger partial charge on any atom is 0.413 e. The van der Waals surface area contributed by atoms with Crippen LogP contribution in [0.3, 0.4) is 0 Å². The molecule has 0 aliphatic rings. The van der Waals surface area contributed by atoms with Gasteiger partial charge in [0.1, 0.15) is 18.0 Å². The Morgan fingerprint density at radius 3 is 2.44 bits per heavy atom. The van der Waals surface area contributed by atoms with Crippen molar-refractivity contribution in [3.63, 3.8) is 0 Å². The van der Waals surface area contributed by atoms with E-state index in [-0.39, 0.29) is 18.9 Å². The van der Waals surface area contributed by atoms with Crippen molar-refractivity contribution in [1.82, 2.24) is 9.88 Å². The SMILES string of the molecule is CCCN(CC(=O)O)C(=O)Cc1ccc(NC(=O)OC(C)(C)C)nc1. The number of ether oxygens (including phenoxy) is 1. The van der Waals surface area contributed by atoms with E-state index < -0.39 is 17.7 Å². The molecule has 1 aromatic rings. The molecular formula is C17H25N3O5. The molecule has 1 aromatic heterocycles. The zero-order valence-electron chi connectivity index (χ0n) is 15.0. The van der Waals surface area contributed by atoms with Gasteiger partial charge in [0.05, 0.1) is 6.42 Å². The summed E-state index contributed by atoms with van der Waals surface area (Å²) in [7, 11) is 0. The summed E-state index contributed by atoms with van der Waals surface area (Å²) in [5.74, 6) is -1.02. The number of nitrogens with zero attached hydrogens (tertiary/aromatic N) is 2. The number of pyridine rings is 1. The molecule has 8 nitrogen and oxygen atoms in total. The number of hydrogen-bond acceptors (Lipinski definition) is 5. The van der Waals surface area contributed by atoms with Crippen LogP contribution in [-0.4, -0.2) is 51.7 Å². The molecule has 0 aliphatic heterocycles. The lowest BCUT2D eigenvalue weighted by Gasteiger charge is -2.20. The minimum absolute atomic E-state index is 0.0486. The maximum atomic E-state index is 12.2. The molecule has 0 aromatic carbocycles. The molecule has 0 spiro atoms. The summed E-state index contributed by atoms with van der Waals surface area (Å²) in [4.78, 5) is 40.1. The molecule has 0 aliphatic carbocycles. The van der Waals surface area contributed by atoms with Crippen molar-refractivity contribution in [2.45, 2.75) is 46.1 Å². The molecule has 0 atom stereocenters. The number of hydrogen-bond donors (Lipinski definition) is 2. The Morgan fingerprint density at radius 2 is 1.96 bits per heavy atom. The summed E-state index contributed by atoms with van der Waals surface area (Å²) >= 11 is 0. The van der Waals surface area contributed by atoms with Crippen LogP contribution in [0.5, 0.6) is 0 Å². The first-order valence-corrected chi connectivity index (χ1v) is 8.05. The van der Waals surface area contributed by atoms with Crippen molar-refractivity contribution in [1.29, 1.82) is 0 Å². The zero-order chi connectivity index (χ0) is 19.0. The van der Waals surface area contributed by atoms with E-state index in [9.17, 15) is 14.4 Å². The molecule has 25 heavy (non-hydrogen) atoms. The maximum absolute atomic E-state index is 12.2. The van der Waals surface area contributed by atoms with Gasteiger partial charge < -0.3 is 14.7 Å². The number of amides is 2. The van der Waals surface area contributed by atoms with Gasteiger partial charge in [-0.2, -0.15) is 0 Å². The lowest BCUT2D eigenvalue weighted by Crippen LogP contribution is -2.37. The third-order valence-corrected chi connectivity index (χ3v) is 2.98. The highest BCUT2D eigenvalue weighted by Crippen LogP contribution is 2.11. The lowest BCUT2D eigenvalue weighted by atomic mass is 10.2. The summed E-state index contributed by atoms with van der Waals surface area (Å²) in [6, 6.07) is 3.22. The van der Waals surface area contributed by atoms with Gasteiger partial charge in [0.25, 0.3) is 0 Å². The van der Waals surface area contributed by atoms with Crippen LogP contribution in [0.1, 0.15) is 39.7 Å². The molecule has 0 fully saturated rings. The molecule has 0 bridgehead atoms. The van der Waals surface area contributed by atoms with Crippen molar-refractivity contribution >= 4 is 23.8 Å². The Morgan fingerprint density at radius 1 is 1.28 bits per heavy atom. The monoisotopic (exact) mass is 351 g/mol. The normalized spacial score (nSPS) is 10.9. The fourth-order valence-electron chi connectivity index (χ4n) is 2.02. The van der Waals surface area contributed by atoms with Crippen LogP contribution in [0.4, 0.5) is 10.6 Å². The Hall–Kier alpha value is -2.64. The van der Waals surface area contributed by atoms with Gasteiger partial charge in [0.2, 0.25) is 5.91 Å². The van der Waals surface area contributed by atoms with Crippen LogP contribution in [0.15, 0.2) is 18.3 Å². The predicted octanol–water partition coefficient (Wildman–Crippen LogP) is 2.29. The van der Waals surface area contributed by atoms with Gasteiger partial charge in [-0.15, -0.1) is 0 Å². The van der Waals surface area contributed by atoms with Crippen LogP contribution in [0.2, 0.25) is 0 Å². The van der Waals surface area contributed by atoms with Crippen molar-refractivity contribution in [3.8, 4) is 0 Å². The summed E-state index contributed by atoms with van der Waals surface area (Å²) in [5, 5.41) is 11.4. The highest BCUT2D eigenvalue weighted by atomic mass is 16.6. The molecule has 138 valence electrons. The fraction of sp³-hybridized carbons (Fsp3) is 0.529. The molecule has 0 radical (unpaired) electrons. The van der Waals surface area contributed by atoms with E-state index in [2.05, 4.69) is 10.3 Å². The third-order valence-electron chi connectivity index (χ3n) is 2.98. The number of carboxylic acids is 1. The minimum atomic E-state index is -1.04. The zero-order valence-corrected chi connectivity index (χ0v) is 15.0. The number of nitrogens with one attached hydrogen (secondary N) is 1. The number of aliphatic carboxylic acids is 1. The second-order valence-electron chi connectivity index (χ2n) is 6.56. The molecule has 2 amide bonds. The van der Waals surface area contributed by atoms with Crippen molar-refractivity contribution in [2.24, 2.45) is 0 Å². The first kappa shape index (κ1) is 20.4. The van der Waals surface area contributed by atoms with Crippen molar-refractivity contribution in [3.05, 3.63) is 23.9 Å². The van der Waals surface area contributed by atoms with Crippen molar-refractivity contribution in [2.75, 3.05) is 18.4 Å². The van der Waals surface area contributed by atoms with E-state index in [4.69, 9.17) is 9.84 Å². The highest BCUT2D eigenvalue weighted by molar-refractivity contribution is 5.84. The van der Waals surface area contributed by atoms with Crippen LogP contribution in [-0.2, 0) is 20.7 Å². The summed E-state index contributed by atoms with van der Waals surface area (Å²) in [6.45, 7) is 7.21. The molecule has 1 rings (SSSR count). The topological polar surface area (TPSA) is 109 Å². The Balaban J connectivity index is 2.65. The number of rotatable bonds is 7. The summed E-state index contributed by atoms with van der Waals surface area (Å²) in [6.07, 6.45) is 1.58. The fourth-order valence-corrected chi connectivity index (χ4v) is 2.02. The highest BCUT2D eigenvalue weighted by Gasteiger charge is 2.18. The van der Waals surface area contributed by atoms with Gasteiger partial charge >= 0.3 is 12.1 Å². The van der Waals surface area contributed by atoms with E-state index in [1.807, 2.05) is 6.92 Å². The van der Waals surface area contributed by atoms with Gasteiger partial charge in [-0.25, -0.2) is 9.78 Å². The average Bonchev–Trinajstić information content (AvgIpc) is 2.46. The quantitative estimate of drug-likeness (QED) is 0.780. The molecule has 0 saturated heterocycles. The van der Waals surface area contributed by atoms with Crippen LogP contribution in [0, 0.1) is 0 Å². The van der Waals surface area contributed by atoms with E-state index in [0.29, 0.717) is 24.3 Å². The van der Waals surface area contributed by atoms with Gasteiger partial charge in [-0.1, -0.05) is 13.0 Å². The number of carbonyl (C=O) groups excluding carboxylic acids is 2. The molecule has 8 heteroatoms. The first-order chi connectivity index (χ1) is 11.6. The number of carbonyl (C=O) groups is 3.